The van der Waals surface area contributed by atoms with E-state index in [2.05, 4.69) is 10.5 Å². The molecule has 0 saturated carbocycles. The molecule has 0 saturated heterocycles. The van der Waals surface area contributed by atoms with E-state index in [1.807, 2.05) is 0 Å². The minimum absolute atomic E-state index is 0.477. The molecule has 7 heavy (non-hydrogen) atoms. The maximum atomic E-state index is 9.28. The molecule has 0 aromatic rings. The van der Waals surface area contributed by atoms with E-state index < -0.39 is 0 Å². The van der Waals surface area contributed by atoms with Gasteiger partial charge in [0.05, 0.1) is 0 Å². The van der Waals surface area contributed by atoms with Crippen molar-refractivity contribution in [1.29, 1.82) is 0 Å². The lowest BCUT2D eigenvalue weighted by Crippen LogP contribution is -2.16. The molecular weight excluding hydrogens is 94.1 g/mol. The fourth-order valence-electron chi connectivity index (χ4n) is 0.153. The van der Waals surface area contributed by atoms with E-state index in [9.17, 15) is 4.79 Å². The maximum absolute atomic E-state index is 9.28. The number of hydrogen-bond donors (Lipinski definition) is 2. The van der Waals surface area contributed by atoms with Crippen molar-refractivity contribution in [2.45, 2.75) is 0 Å². The molecule has 4 heteroatoms. The highest BCUT2D eigenvalue weighted by atomic mass is 16.1. The Bertz CT molecular complexity index is 76.2. The predicted octanol–water partition coefficient (Wildman–Crippen LogP) is -1.21. The summed E-state index contributed by atoms with van der Waals surface area (Å²) in [5.41, 5.74) is 7.38. The number of rotatable bonds is 3. The normalized spacial score (nSPS) is 7.00. The standard InChI is InChI=1S/C3H7N3O/c4-1-2-5-6-3-7/h5H,1-2,4H2. The van der Waals surface area contributed by atoms with Gasteiger partial charge in [-0.3, -0.25) is 5.43 Å². The quantitative estimate of drug-likeness (QED) is 0.203. The lowest BCUT2D eigenvalue weighted by atomic mass is 10.7. The Morgan fingerprint density at radius 1 is 1.86 bits per heavy atom. The second kappa shape index (κ2) is 5.14. The number of nitrogens with zero attached hydrogens (tertiary/aromatic N) is 1. The van der Waals surface area contributed by atoms with Gasteiger partial charge in [-0.2, -0.15) is 0 Å². The van der Waals surface area contributed by atoms with Crippen molar-refractivity contribution < 1.29 is 4.79 Å². The number of hydrogen-bond acceptors (Lipinski definition) is 4. The largest absolute Gasteiger partial charge is 0.329 e. The molecule has 4 nitrogen and oxygen atoms in total. The third kappa shape index (κ3) is 5.14. The minimum atomic E-state index is 0.477. The summed E-state index contributed by atoms with van der Waals surface area (Å²) < 4.78 is 0. The van der Waals surface area contributed by atoms with E-state index in [4.69, 9.17) is 5.73 Å². The highest BCUT2D eigenvalue weighted by molar-refractivity contribution is 5.31. The third-order valence-corrected chi connectivity index (χ3v) is 0.381. The van der Waals surface area contributed by atoms with Crippen LogP contribution in [0.4, 0.5) is 0 Å². The van der Waals surface area contributed by atoms with E-state index in [1.165, 1.54) is 6.08 Å². The van der Waals surface area contributed by atoms with Gasteiger partial charge in [-0.05, 0) is 0 Å². The van der Waals surface area contributed by atoms with Gasteiger partial charge in [-0.1, -0.05) is 5.10 Å². The minimum Gasteiger partial charge on any atom is -0.329 e. The van der Waals surface area contributed by atoms with Crippen molar-refractivity contribution >= 4 is 6.08 Å². The van der Waals surface area contributed by atoms with Crippen molar-refractivity contribution in [3.63, 3.8) is 0 Å². The lowest BCUT2D eigenvalue weighted by Gasteiger charge is -1.87. The first-order valence-electron chi connectivity index (χ1n) is 1.91. The van der Waals surface area contributed by atoms with Gasteiger partial charge in [-0.25, -0.2) is 4.79 Å². The second-order valence-electron chi connectivity index (χ2n) is 0.900. The Morgan fingerprint density at radius 2 is 2.57 bits per heavy atom. The summed E-state index contributed by atoms with van der Waals surface area (Å²) in [6.45, 7) is 1.00. The molecule has 0 aliphatic rings. The molecule has 0 aromatic carbocycles. The lowest BCUT2D eigenvalue weighted by molar-refractivity contribution is 0.557. The Morgan fingerprint density at radius 3 is 3.00 bits per heavy atom. The fraction of sp³-hybridized carbons (Fsp3) is 0.667. The van der Waals surface area contributed by atoms with Crippen molar-refractivity contribution in [3.8, 4) is 0 Å². The van der Waals surface area contributed by atoms with Crippen LogP contribution in [0.3, 0.4) is 0 Å². The summed E-state index contributed by atoms with van der Waals surface area (Å²) in [5, 5.41) is 3.03. The zero-order chi connectivity index (χ0) is 5.54. The van der Waals surface area contributed by atoms with Gasteiger partial charge in [0.2, 0.25) is 0 Å². The van der Waals surface area contributed by atoms with Crippen molar-refractivity contribution in [3.05, 3.63) is 0 Å². The number of carbonyl (C=O) groups excluding carboxylic acids is 1. The van der Waals surface area contributed by atoms with Gasteiger partial charge >= 0.3 is 0 Å². The number of isocyanates is 1. The molecule has 0 spiro atoms. The van der Waals surface area contributed by atoms with Crippen molar-refractivity contribution in [2.24, 2.45) is 10.8 Å². The van der Waals surface area contributed by atoms with E-state index in [0.29, 0.717) is 13.1 Å². The summed E-state index contributed by atoms with van der Waals surface area (Å²) in [7, 11) is 0. The summed E-state index contributed by atoms with van der Waals surface area (Å²) >= 11 is 0. The third-order valence-electron chi connectivity index (χ3n) is 0.381. The smallest absolute Gasteiger partial charge is 0.258 e. The molecule has 0 amide bonds. The highest BCUT2D eigenvalue weighted by Gasteiger charge is 1.69. The summed E-state index contributed by atoms with van der Waals surface area (Å²) in [4.78, 5) is 9.28. The van der Waals surface area contributed by atoms with Crippen LogP contribution in [-0.4, -0.2) is 19.2 Å². The van der Waals surface area contributed by atoms with Gasteiger partial charge in [0, 0.05) is 13.1 Å². The molecule has 0 heterocycles. The summed E-state index contributed by atoms with van der Waals surface area (Å²) in [6.07, 6.45) is 1.31. The average Bonchev–Trinajstić information content (AvgIpc) is 1.69. The molecule has 3 N–H and O–H groups in total. The predicted molar refractivity (Wildman–Crippen MR) is 25.2 cm³/mol. The number of hydrazone groups is 1. The van der Waals surface area contributed by atoms with Crippen LogP contribution < -0.4 is 11.2 Å². The molecule has 0 atom stereocenters. The van der Waals surface area contributed by atoms with Crippen LogP contribution in [-0.2, 0) is 4.79 Å². The Labute approximate surface area is 41.4 Å². The van der Waals surface area contributed by atoms with E-state index >= 15 is 0 Å². The topological polar surface area (TPSA) is 67.5 Å². The monoisotopic (exact) mass is 101 g/mol. The van der Waals surface area contributed by atoms with Crippen LogP contribution in [0, 0.1) is 0 Å². The molecular formula is C3H7N3O. The second-order valence-corrected chi connectivity index (χ2v) is 0.900. The highest BCUT2D eigenvalue weighted by Crippen LogP contribution is 1.48. The van der Waals surface area contributed by atoms with E-state index in [-0.39, 0.29) is 0 Å². The average molecular weight is 101 g/mol. The van der Waals surface area contributed by atoms with Gasteiger partial charge < -0.3 is 5.73 Å². The Balaban J connectivity index is 2.83. The molecule has 0 radical (unpaired) electrons. The Kier molecular flexibility index (Phi) is 4.51. The molecule has 0 bridgehead atoms. The van der Waals surface area contributed by atoms with Gasteiger partial charge in [-0.15, -0.1) is 0 Å². The van der Waals surface area contributed by atoms with Crippen molar-refractivity contribution in [2.75, 3.05) is 13.1 Å². The molecule has 0 aromatic heterocycles. The van der Waals surface area contributed by atoms with Crippen LogP contribution in [0.1, 0.15) is 0 Å². The SMILES string of the molecule is NCCNN=C=O. The number of nitrogens with two attached hydrogens (primary N) is 1. The first-order valence-corrected chi connectivity index (χ1v) is 1.91. The summed E-state index contributed by atoms with van der Waals surface area (Å²) in [5.74, 6) is 0. The molecule has 0 aliphatic carbocycles. The molecule has 40 valence electrons. The zero-order valence-corrected chi connectivity index (χ0v) is 3.85. The maximum Gasteiger partial charge on any atom is 0.258 e. The molecule has 0 fully saturated rings. The van der Waals surface area contributed by atoms with Crippen LogP contribution in [0.25, 0.3) is 0 Å². The molecule has 0 rings (SSSR count). The number of nitrogens with one attached hydrogen (secondary N) is 1. The van der Waals surface area contributed by atoms with Crippen LogP contribution >= 0.6 is 0 Å². The van der Waals surface area contributed by atoms with Crippen molar-refractivity contribution in [1.82, 2.24) is 5.43 Å². The van der Waals surface area contributed by atoms with Crippen LogP contribution in [0.15, 0.2) is 5.10 Å². The van der Waals surface area contributed by atoms with Gasteiger partial charge in [0.1, 0.15) is 0 Å². The van der Waals surface area contributed by atoms with E-state index in [1.54, 1.807) is 0 Å². The fourth-order valence-corrected chi connectivity index (χ4v) is 0.153. The van der Waals surface area contributed by atoms with Crippen LogP contribution in [0.2, 0.25) is 0 Å². The summed E-state index contributed by atoms with van der Waals surface area (Å²) in [6, 6.07) is 0. The first-order chi connectivity index (χ1) is 3.41. The van der Waals surface area contributed by atoms with Gasteiger partial charge in [0.25, 0.3) is 6.08 Å². The zero-order valence-electron chi connectivity index (χ0n) is 3.85. The Hall–Kier alpha value is -0.860. The molecule has 0 aliphatic heterocycles. The van der Waals surface area contributed by atoms with E-state index in [0.717, 1.165) is 0 Å². The van der Waals surface area contributed by atoms with Gasteiger partial charge in [0.15, 0.2) is 0 Å². The first kappa shape index (κ1) is 6.14. The van der Waals surface area contributed by atoms with Crippen LogP contribution in [0.5, 0.6) is 0 Å². The molecule has 0 unspecified atom stereocenters.